The number of halogens is 1. The third kappa shape index (κ3) is 1.67. The van der Waals surface area contributed by atoms with Crippen LogP contribution in [0, 0.1) is 0 Å². The van der Waals surface area contributed by atoms with E-state index in [0.29, 0.717) is 6.54 Å². The second-order valence-corrected chi connectivity index (χ2v) is 4.50. The van der Waals surface area contributed by atoms with Gasteiger partial charge in [0, 0.05) is 16.9 Å². The Bertz CT molecular complexity index is 499. The molecule has 0 spiro atoms. The Hall–Kier alpha value is -0.880. The zero-order valence-electron chi connectivity index (χ0n) is 7.48. The van der Waals surface area contributed by atoms with Gasteiger partial charge in [0.15, 0.2) is 0 Å². The van der Waals surface area contributed by atoms with Crippen molar-refractivity contribution in [1.82, 2.24) is 14.3 Å². The normalized spacial score (nSPS) is 10.7. The van der Waals surface area contributed by atoms with Crippen molar-refractivity contribution < 1.29 is 0 Å². The van der Waals surface area contributed by atoms with Gasteiger partial charge in [0.05, 0.1) is 6.54 Å². The molecule has 0 fully saturated rings. The Balaban J connectivity index is 2.36. The fourth-order valence-electron chi connectivity index (χ4n) is 1.16. The van der Waals surface area contributed by atoms with E-state index in [-0.39, 0.29) is 5.69 Å². The maximum atomic E-state index is 11.3. The fourth-order valence-corrected chi connectivity index (χ4v) is 2.58. The molecule has 2 rings (SSSR count). The summed E-state index contributed by atoms with van der Waals surface area (Å²) in [7, 11) is 1.80. The van der Waals surface area contributed by atoms with Crippen molar-refractivity contribution in [3.05, 3.63) is 37.6 Å². The van der Waals surface area contributed by atoms with Gasteiger partial charge in [-0.15, -0.1) is 0 Å². The van der Waals surface area contributed by atoms with Crippen LogP contribution < -0.4 is 5.69 Å². The molecule has 0 bridgehead atoms. The quantitative estimate of drug-likeness (QED) is 0.831. The van der Waals surface area contributed by atoms with Gasteiger partial charge < -0.3 is 0 Å². The third-order valence-corrected chi connectivity index (χ3v) is 3.78. The first-order chi connectivity index (χ1) is 6.68. The Morgan fingerprint density at radius 3 is 2.86 bits per heavy atom. The fraction of sp³-hybridized carbons (Fsp3) is 0.250. The number of hydrogen-bond acceptors (Lipinski definition) is 3. The van der Waals surface area contributed by atoms with Crippen LogP contribution in [0.4, 0.5) is 0 Å². The first kappa shape index (κ1) is 9.67. The number of aromatic nitrogens is 3. The van der Waals surface area contributed by atoms with E-state index in [4.69, 9.17) is 0 Å². The summed E-state index contributed by atoms with van der Waals surface area (Å²) in [6.45, 7) is 0.555. The van der Waals surface area contributed by atoms with E-state index in [9.17, 15) is 4.79 Å². The summed E-state index contributed by atoms with van der Waals surface area (Å²) in [6, 6.07) is 0. The molecule has 14 heavy (non-hydrogen) atoms. The highest BCUT2D eigenvalue weighted by Crippen LogP contribution is 2.21. The molecule has 6 heteroatoms. The first-order valence-electron chi connectivity index (χ1n) is 3.97. The molecule has 0 saturated heterocycles. The highest BCUT2D eigenvalue weighted by atomic mass is 79.9. The SMILES string of the molecule is Cn1cnc(=O)n1Cc1cscc1Br. The van der Waals surface area contributed by atoms with Gasteiger partial charge >= 0.3 is 5.69 Å². The monoisotopic (exact) mass is 273 g/mol. The summed E-state index contributed by atoms with van der Waals surface area (Å²) < 4.78 is 4.30. The van der Waals surface area contributed by atoms with Crippen molar-refractivity contribution in [3.8, 4) is 0 Å². The standard InChI is InChI=1S/C8H8BrN3OS/c1-11-5-10-8(13)12(11)2-6-3-14-4-7(6)9/h3-5H,2H2,1H3. The smallest absolute Gasteiger partial charge is 0.273 e. The molecule has 0 aromatic carbocycles. The van der Waals surface area contributed by atoms with Gasteiger partial charge in [-0.25, -0.2) is 9.48 Å². The second-order valence-electron chi connectivity index (χ2n) is 2.90. The zero-order chi connectivity index (χ0) is 10.1. The maximum Gasteiger partial charge on any atom is 0.364 e. The van der Waals surface area contributed by atoms with E-state index in [1.165, 1.54) is 6.33 Å². The van der Waals surface area contributed by atoms with Gasteiger partial charge in [-0.1, -0.05) is 0 Å². The van der Waals surface area contributed by atoms with Crippen molar-refractivity contribution in [1.29, 1.82) is 0 Å². The average molecular weight is 274 g/mol. The van der Waals surface area contributed by atoms with Crippen molar-refractivity contribution in [2.24, 2.45) is 7.05 Å². The Labute approximate surface area is 92.9 Å². The molecule has 0 aliphatic heterocycles. The molecule has 2 heterocycles. The van der Waals surface area contributed by atoms with Crippen LogP contribution in [-0.2, 0) is 13.6 Å². The van der Waals surface area contributed by atoms with Crippen LogP contribution in [0.5, 0.6) is 0 Å². The molecular formula is C8H8BrN3OS. The predicted molar refractivity (Wildman–Crippen MR) is 58.6 cm³/mol. The van der Waals surface area contributed by atoms with Gasteiger partial charge in [-0.3, -0.25) is 4.68 Å². The second kappa shape index (κ2) is 3.70. The topological polar surface area (TPSA) is 39.8 Å². The van der Waals surface area contributed by atoms with Crippen molar-refractivity contribution in [3.63, 3.8) is 0 Å². The minimum absolute atomic E-state index is 0.217. The van der Waals surface area contributed by atoms with Gasteiger partial charge in [-0.05, 0) is 26.9 Å². The zero-order valence-corrected chi connectivity index (χ0v) is 9.88. The third-order valence-electron chi connectivity index (χ3n) is 1.95. The van der Waals surface area contributed by atoms with Gasteiger partial charge in [0.25, 0.3) is 0 Å². The molecule has 0 radical (unpaired) electrons. The largest absolute Gasteiger partial charge is 0.364 e. The van der Waals surface area contributed by atoms with E-state index < -0.39 is 0 Å². The lowest BCUT2D eigenvalue weighted by molar-refractivity contribution is 0.535. The summed E-state index contributed by atoms with van der Waals surface area (Å²) in [4.78, 5) is 15.0. The Morgan fingerprint density at radius 1 is 1.57 bits per heavy atom. The van der Waals surface area contributed by atoms with Crippen LogP contribution in [-0.4, -0.2) is 14.3 Å². The number of rotatable bonds is 2. The van der Waals surface area contributed by atoms with E-state index in [1.807, 2.05) is 10.8 Å². The summed E-state index contributed by atoms with van der Waals surface area (Å²) in [6.07, 6.45) is 1.52. The van der Waals surface area contributed by atoms with Gasteiger partial charge in [0.1, 0.15) is 6.33 Å². The van der Waals surface area contributed by atoms with E-state index in [1.54, 1.807) is 27.7 Å². The van der Waals surface area contributed by atoms with Crippen molar-refractivity contribution in [2.45, 2.75) is 6.54 Å². The first-order valence-corrected chi connectivity index (χ1v) is 5.71. The molecule has 2 aromatic rings. The molecule has 4 nitrogen and oxygen atoms in total. The molecule has 0 aliphatic rings. The molecule has 0 N–H and O–H groups in total. The van der Waals surface area contributed by atoms with E-state index >= 15 is 0 Å². The Kier molecular flexibility index (Phi) is 2.56. The molecule has 0 amide bonds. The maximum absolute atomic E-state index is 11.3. The molecule has 0 unspecified atom stereocenters. The summed E-state index contributed by atoms with van der Waals surface area (Å²) in [5, 5.41) is 4.01. The highest BCUT2D eigenvalue weighted by Gasteiger charge is 2.06. The summed E-state index contributed by atoms with van der Waals surface area (Å²) in [5.74, 6) is 0. The van der Waals surface area contributed by atoms with Gasteiger partial charge in [-0.2, -0.15) is 16.3 Å². The van der Waals surface area contributed by atoms with Crippen molar-refractivity contribution >= 4 is 27.3 Å². The molecule has 0 saturated carbocycles. The van der Waals surface area contributed by atoms with Crippen LogP contribution in [0.1, 0.15) is 5.56 Å². The number of thiophene rings is 1. The predicted octanol–water partition coefficient (Wildman–Crippen LogP) is 1.45. The Morgan fingerprint density at radius 2 is 2.36 bits per heavy atom. The van der Waals surface area contributed by atoms with E-state index in [0.717, 1.165) is 10.0 Å². The lowest BCUT2D eigenvalue weighted by atomic mass is 10.3. The molecule has 0 aliphatic carbocycles. The molecule has 0 atom stereocenters. The number of nitrogens with zero attached hydrogens (tertiary/aromatic N) is 3. The van der Waals surface area contributed by atoms with Crippen LogP contribution in [0.3, 0.4) is 0 Å². The minimum Gasteiger partial charge on any atom is -0.273 e. The van der Waals surface area contributed by atoms with Crippen LogP contribution in [0.2, 0.25) is 0 Å². The minimum atomic E-state index is -0.217. The average Bonchev–Trinajstić information content (AvgIpc) is 2.67. The van der Waals surface area contributed by atoms with Crippen LogP contribution in [0.25, 0.3) is 0 Å². The molecular weight excluding hydrogens is 266 g/mol. The van der Waals surface area contributed by atoms with E-state index in [2.05, 4.69) is 20.9 Å². The van der Waals surface area contributed by atoms with Gasteiger partial charge in [0.2, 0.25) is 0 Å². The number of aryl methyl sites for hydroxylation is 1. The van der Waals surface area contributed by atoms with Crippen molar-refractivity contribution in [2.75, 3.05) is 0 Å². The van der Waals surface area contributed by atoms with Crippen LogP contribution in [0.15, 0.2) is 26.4 Å². The lowest BCUT2D eigenvalue weighted by Gasteiger charge is -2.04. The summed E-state index contributed by atoms with van der Waals surface area (Å²) in [5.41, 5.74) is 0.881. The summed E-state index contributed by atoms with van der Waals surface area (Å²) >= 11 is 5.03. The lowest BCUT2D eigenvalue weighted by Crippen LogP contribution is -2.22. The molecule has 74 valence electrons. The number of hydrogen-bond donors (Lipinski definition) is 0. The van der Waals surface area contributed by atoms with Crippen LogP contribution >= 0.6 is 27.3 Å². The highest BCUT2D eigenvalue weighted by molar-refractivity contribution is 9.10. The molecule has 2 aromatic heterocycles.